The van der Waals surface area contributed by atoms with Crippen molar-refractivity contribution in [1.82, 2.24) is 0 Å². The molecule has 3 N–H and O–H groups in total. The van der Waals surface area contributed by atoms with Gasteiger partial charge in [-0.25, -0.2) is 0 Å². The van der Waals surface area contributed by atoms with Crippen LogP contribution in [0.15, 0.2) is 0 Å². The molecular weight excluding hydrogens is 138 g/mol. The zero-order chi connectivity index (χ0) is 7.28. The van der Waals surface area contributed by atoms with Crippen molar-refractivity contribution in [3.05, 3.63) is 0 Å². The monoisotopic (exact) mass is 149 g/mol. The van der Waals surface area contributed by atoms with Gasteiger partial charge >= 0.3 is 5.97 Å². The van der Waals surface area contributed by atoms with Crippen LogP contribution < -0.4 is 5.73 Å². The highest BCUT2D eigenvalue weighted by Gasteiger charge is 2.05. The molecule has 0 aromatic heterocycles. The van der Waals surface area contributed by atoms with E-state index in [0.29, 0.717) is 5.75 Å². The van der Waals surface area contributed by atoms with E-state index in [1.54, 1.807) is 11.8 Å². The third-order valence-electron chi connectivity index (χ3n) is 0.818. The maximum Gasteiger partial charge on any atom is 0.304 e. The first-order valence-corrected chi connectivity index (χ1v) is 4.02. The third kappa shape index (κ3) is 5.65. The summed E-state index contributed by atoms with van der Waals surface area (Å²) < 4.78 is 0. The fraction of sp³-hybridized carbons (Fsp3) is 0.800. The summed E-state index contributed by atoms with van der Waals surface area (Å²) in [7, 11) is 0. The standard InChI is InChI=1S/C5H11NO2S/c1-9-3-4(6)2-5(7)8/h4H,2-3,6H2,1H3,(H,7,8). The molecule has 0 aliphatic heterocycles. The minimum atomic E-state index is -0.823. The third-order valence-corrected chi connectivity index (χ3v) is 1.58. The lowest BCUT2D eigenvalue weighted by atomic mass is 10.2. The van der Waals surface area contributed by atoms with E-state index in [1.807, 2.05) is 6.26 Å². The van der Waals surface area contributed by atoms with E-state index in [1.165, 1.54) is 0 Å². The van der Waals surface area contributed by atoms with E-state index in [4.69, 9.17) is 10.8 Å². The number of nitrogens with two attached hydrogens (primary N) is 1. The second-order valence-corrected chi connectivity index (χ2v) is 2.72. The number of hydrogen-bond acceptors (Lipinski definition) is 3. The van der Waals surface area contributed by atoms with Crippen LogP contribution >= 0.6 is 11.8 Å². The van der Waals surface area contributed by atoms with Crippen LogP contribution in [0.3, 0.4) is 0 Å². The lowest BCUT2D eigenvalue weighted by molar-refractivity contribution is -0.137. The van der Waals surface area contributed by atoms with Crippen molar-refractivity contribution >= 4 is 17.7 Å². The molecule has 1 unspecified atom stereocenters. The van der Waals surface area contributed by atoms with Gasteiger partial charge in [-0.2, -0.15) is 11.8 Å². The molecule has 3 nitrogen and oxygen atoms in total. The zero-order valence-corrected chi connectivity index (χ0v) is 6.15. The average Bonchev–Trinajstić information content (AvgIpc) is 1.63. The van der Waals surface area contributed by atoms with Gasteiger partial charge in [-0.3, -0.25) is 4.79 Å². The molecule has 0 rings (SSSR count). The molecule has 0 radical (unpaired) electrons. The first kappa shape index (κ1) is 8.78. The molecule has 0 saturated heterocycles. The number of carbonyl (C=O) groups is 1. The largest absolute Gasteiger partial charge is 0.481 e. The summed E-state index contributed by atoms with van der Waals surface area (Å²) in [6.07, 6.45) is 1.97. The van der Waals surface area contributed by atoms with Gasteiger partial charge in [-0.15, -0.1) is 0 Å². The van der Waals surface area contributed by atoms with E-state index in [-0.39, 0.29) is 12.5 Å². The Morgan fingerprint density at radius 1 is 1.89 bits per heavy atom. The van der Waals surface area contributed by atoms with Crippen molar-refractivity contribution < 1.29 is 9.90 Å². The summed E-state index contributed by atoms with van der Waals surface area (Å²) in [6.45, 7) is 0. The molecule has 0 saturated carbocycles. The molecule has 0 amide bonds. The zero-order valence-electron chi connectivity index (χ0n) is 5.33. The minimum Gasteiger partial charge on any atom is -0.481 e. The number of hydrogen-bond donors (Lipinski definition) is 2. The van der Waals surface area contributed by atoms with E-state index in [0.717, 1.165) is 0 Å². The summed E-state index contributed by atoms with van der Waals surface area (Å²) in [4.78, 5) is 10.00. The van der Waals surface area contributed by atoms with Gasteiger partial charge in [-0.1, -0.05) is 0 Å². The van der Waals surface area contributed by atoms with Gasteiger partial charge in [0.25, 0.3) is 0 Å². The molecule has 0 fully saturated rings. The van der Waals surface area contributed by atoms with Crippen LogP contribution in [0.5, 0.6) is 0 Å². The lowest BCUT2D eigenvalue weighted by Gasteiger charge is -2.04. The van der Waals surface area contributed by atoms with Crippen molar-refractivity contribution in [1.29, 1.82) is 0 Å². The Kier molecular flexibility index (Phi) is 4.53. The Morgan fingerprint density at radius 2 is 2.44 bits per heavy atom. The normalized spacial score (nSPS) is 13.1. The maximum absolute atomic E-state index is 10.00. The van der Waals surface area contributed by atoms with Gasteiger partial charge in [0, 0.05) is 11.8 Å². The van der Waals surface area contributed by atoms with Crippen LogP contribution in [-0.2, 0) is 4.79 Å². The number of carboxylic acids is 1. The van der Waals surface area contributed by atoms with E-state index < -0.39 is 5.97 Å². The van der Waals surface area contributed by atoms with Gasteiger partial charge in [0.15, 0.2) is 0 Å². The van der Waals surface area contributed by atoms with Crippen LogP contribution in [0, 0.1) is 0 Å². The second kappa shape index (κ2) is 4.64. The van der Waals surface area contributed by atoms with Crippen molar-refractivity contribution in [3.8, 4) is 0 Å². The SMILES string of the molecule is CSCC(N)CC(=O)O. The predicted molar refractivity (Wildman–Crippen MR) is 38.6 cm³/mol. The first-order chi connectivity index (χ1) is 4.16. The van der Waals surface area contributed by atoms with E-state index >= 15 is 0 Å². The summed E-state index contributed by atoms with van der Waals surface area (Å²) in [5.41, 5.74) is 5.38. The summed E-state index contributed by atoms with van der Waals surface area (Å²) in [5.74, 6) is -0.108. The topological polar surface area (TPSA) is 63.3 Å². The second-order valence-electron chi connectivity index (χ2n) is 1.81. The first-order valence-electron chi connectivity index (χ1n) is 2.63. The van der Waals surface area contributed by atoms with E-state index in [2.05, 4.69) is 0 Å². The highest BCUT2D eigenvalue weighted by Crippen LogP contribution is 1.97. The Balaban J connectivity index is 3.26. The number of rotatable bonds is 4. The van der Waals surface area contributed by atoms with Gasteiger partial charge < -0.3 is 10.8 Å². The fourth-order valence-corrected chi connectivity index (χ4v) is 1.04. The molecule has 0 heterocycles. The minimum absolute atomic E-state index is 0.0703. The Hall–Kier alpha value is -0.220. The molecule has 0 aromatic carbocycles. The highest BCUT2D eigenvalue weighted by molar-refractivity contribution is 7.98. The molecule has 1 atom stereocenters. The van der Waals surface area contributed by atoms with Crippen LogP contribution in [-0.4, -0.2) is 29.1 Å². The fourth-order valence-electron chi connectivity index (χ4n) is 0.497. The Bertz CT molecular complexity index is 97.0. The van der Waals surface area contributed by atoms with Crippen LogP contribution in [0.2, 0.25) is 0 Å². The molecule has 0 aliphatic carbocycles. The predicted octanol–water partition coefficient (Wildman–Crippen LogP) is 0.151. The molecular formula is C5H11NO2S. The molecule has 0 spiro atoms. The highest BCUT2D eigenvalue weighted by atomic mass is 32.2. The Morgan fingerprint density at radius 3 is 2.78 bits per heavy atom. The molecule has 0 aliphatic rings. The van der Waals surface area contributed by atoms with Gasteiger partial charge in [0.05, 0.1) is 6.42 Å². The quantitative estimate of drug-likeness (QED) is 0.597. The van der Waals surface area contributed by atoms with Crippen LogP contribution in [0.25, 0.3) is 0 Å². The molecule has 0 aromatic rings. The molecule has 0 bridgehead atoms. The smallest absolute Gasteiger partial charge is 0.304 e. The van der Waals surface area contributed by atoms with Gasteiger partial charge in [0.1, 0.15) is 0 Å². The average molecular weight is 149 g/mol. The number of aliphatic carboxylic acids is 1. The summed E-state index contributed by atoms with van der Waals surface area (Å²) in [6, 6.07) is -0.197. The summed E-state index contributed by atoms with van der Waals surface area (Å²) >= 11 is 1.56. The van der Waals surface area contributed by atoms with Crippen molar-refractivity contribution in [2.75, 3.05) is 12.0 Å². The number of thioether (sulfide) groups is 1. The maximum atomic E-state index is 10.00. The molecule has 9 heavy (non-hydrogen) atoms. The van der Waals surface area contributed by atoms with Gasteiger partial charge in [0.2, 0.25) is 0 Å². The van der Waals surface area contributed by atoms with Crippen LogP contribution in [0.4, 0.5) is 0 Å². The molecule has 54 valence electrons. The molecule has 4 heteroatoms. The van der Waals surface area contributed by atoms with Crippen molar-refractivity contribution in [3.63, 3.8) is 0 Å². The lowest BCUT2D eigenvalue weighted by Crippen LogP contribution is -2.25. The Labute approximate surface area is 58.6 Å². The van der Waals surface area contributed by atoms with E-state index in [9.17, 15) is 4.79 Å². The van der Waals surface area contributed by atoms with Gasteiger partial charge in [-0.05, 0) is 6.26 Å². The number of carboxylic acid groups (broad SMARTS) is 1. The summed E-state index contributed by atoms with van der Waals surface area (Å²) in [5, 5.41) is 8.22. The van der Waals surface area contributed by atoms with Crippen molar-refractivity contribution in [2.24, 2.45) is 5.73 Å². The van der Waals surface area contributed by atoms with Crippen molar-refractivity contribution in [2.45, 2.75) is 12.5 Å². The van der Waals surface area contributed by atoms with Crippen LogP contribution in [0.1, 0.15) is 6.42 Å².